The lowest BCUT2D eigenvalue weighted by Crippen LogP contribution is -2.42. The van der Waals surface area contributed by atoms with E-state index in [1.54, 1.807) is 0 Å². The third kappa shape index (κ3) is 6.02. The van der Waals surface area contributed by atoms with E-state index in [4.69, 9.17) is 5.73 Å². The molecule has 0 radical (unpaired) electrons. The van der Waals surface area contributed by atoms with Crippen molar-refractivity contribution < 1.29 is 9.59 Å². The Balaban J connectivity index is 1.95. The van der Waals surface area contributed by atoms with Crippen LogP contribution >= 0.6 is 0 Å². The van der Waals surface area contributed by atoms with Crippen molar-refractivity contribution in [2.75, 3.05) is 18.5 Å². The number of nitrogens with two attached hydrogens (primary N) is 1. The van der Waals surface area contributed by atoms with E-state index in [-0.39, 0.29) is 18.4 Å². The van der Waals surface area contributed by atoms with Crippen LogP contribution in [0.2, 0.25) is 0 Å². The van der Waals surface area contributed by atoms with Gasteiger partial charge in [0.1, 0.15) is 0 Å². The maximum absolute atomic E-state index is 12.5. The largest absolute Gasteiger partial charge is 0.370 e. The summed E-state index contributed by atoms with van der Waals surface area (Å²) in [5.74, 6) is -0.134. The molecule has 27 heavy (non-hydrogen) atoms. The van der Waals surface area contributed by atoms with Crippen molar-refractivity contribution in [1.29, 1.82) is 0 Å². The highest BCUT2D eigenvalue weighted by atomic mass is 16.2. The third-order valence-electron chi connectivity index (χ3n) is 4.69. The predicted octanol–water partition coefficient (Wildman–Crippen LogP) is 2.74. The van der Waals surface area contributed by atoms with Crippen molar-refractivity contribution >= 4 is 17.6 Å². The number of nitrogens with one attached hydrogen (secondary N) is 2. The van der Waals surface area contributed by atoms with Crippen molar-refractivity contribution in [3.8, 4) is 0 Å². The molecule has 0 aliphatic carbocycles. The molecule has 0 saturated heterocycles. The van der Waals surface area contributed by atoms with Gasteiger partial charge in [-0.15, -0.1) is 0 Å². The van der Waals surface area contributed by atoms with Gasteiger partial charge in [0.05, 0.1) is 12.5 Å². The molecule has 0 saturated carbocycles. The Morgan fingerprint density at radius 3 is 2.33 bits per heavy atom. The summed E-state index contributed by atoms with van der Waals surface area (Å²) in [6, 6.07) is 16.7. The molecule has 2 aromatic rings. The molecule has 0 aliphatic heterocycles. The third-order valence-corrected chi connectivity index (χ3v) is 4.69. The minimum atomic E-state index is -0.645. The molecule has 3 amide bonds. The molecule has 0 fully saturated rings. The number of carbonyl (C=O) groups is 2. The first-order valence-electron chi connectivity index (χ1n) is 9.04. The van der Waals surface area contributed by atoms with Crippen molar-refractivity contribution in [3.05, 3.63) is 65.7 Å². The number of benzene rings is 2. The predicted molar refractivity (Wildman–Crippen MR) is 109 cm³/mol. The summed E-state index contributed by atoms with van der Waals surface area (Å²) < 4.78 is 0. The molecular weight excluding hydrogens is 340 g/mol. The molecule has 0 heterocycles. The minimum Gasteiger partial charge on any atom is -0.370 e. The van der Waals surface area contributed by atoms with Gasteiger partial charge in [0.15, 0.2) is 0 Å². The highest BCUT2D eigenvalue weighted by Crippen LogP contribution is 2.20. The second-order valence-corrected chi connectivity index (χ2v) is 6.72. The van der Waals surface area contributed by atoms with Crippen LogP contribution in [0.5, 0.6) is 0 Å². The van der Waals surface area contributed by atoms with E-state index >= 15 is 0 Å². The zero-order chi connectivity index (χ0) is 19.8. The Morgan fingerprint density at radius 2 is 1.70 bits per heavy atom. The molecular formula is C21H28N4O2. The first-order valence-corrected chi connectivity index (χ1v) is 9.04. The molecule has 2 atom stereocenters. The lowest BCUT2D eigenvalue weighted by atomic mass is 9.98. The quantitative estimate of drug-likeness (QED) is 0.669. The normalized spacial score (nSPS) is 12.7. The van der Waals surface area contributed by atoms with Gasteiger partial charge in [-0.2, -0.15) is 0 Å². The van der Waals surface area contributed by atoms with E-state index < -0.39 is 12.1 Å². The first kappa shape index (κ1) is 20.3. The number of carbonyl (C=O) groups excluding carboxylic acids is 2. The number of aryl methyl sites for hydroxylation is 1. The smallest absolute Gasteiger partial charge is 0.312 e. The molecule has 2 aromatic carbocycles. The van der Waals surface area contributed by atoms with Crippen molar-refractivity contribution in [2.24, 2.45) is 5.73 Å². The lowest BCUT2D eigenvalue weighted by molar-refractivity contribution is -0.121. The van der Waals surface area contributed by atoms with Crippen molar-refractivity contribution in [2.45, 2.75) is 32.4 Å². The van der Waals surface area contributed by atoms with Gasteiger partial charge in [0, 0.05) is 25.3 Å². The second-order valence-electron chi connectivity index (χ2n) is 6.72. The number of rotatable bonds is 8. The van der Waals surface area contributed by atoms with Crippen LogP contribution in [-0.2, 0) is 4.79 Å². The highest BCUT2D eigenvalue weighted by molar-refractivity contribution is 5.79. The second kappa shape index (κ2) is 9.62. The monoisotopic (exact) mass is 368 g/mol. The number of hydrogen-bond donors (Lipinski definition) is 3. The van der Waals surface area contributed by atoms with E-state index in [1.807, 2.05) is 75.5 Å². The van der Waals surface area contributed by atoms with Crippen LogP contribution in [-0.4, -0.2) is 31.6 Å². The Labute approximate surface area is 160 Å². The summed E-state index contributed by atoms with van der Waals surface area (Å²) in [6.45, 7) is 4.49. The Hall–Kier alpha value is -3.02. The average Bonchev–Trinajstić information content (AvgIpc) is 2.65. The topological polar surface area (TPSA) is 87.5 Å². The Kier molecular flexibility index (Phi) is 7.23. The molecule has 2 rings (SSSR count). The zero-order valence-electron chi connectivity index (χ0n) is 16.1. The van der Waals surface area contributed by atoms with Gasteiger partial charge in [-0.1, -0.05) is 42.5 Å². The molecule has 0 aliphatic rings. The molecule has 0 aromatic heterocycles. The van der Waals surface area contributed by atoms with E-state index in [9.17, 15) is 9.59 Å². The summed E-state index contributed by atoms with van der Waals surface area (Å²) in [5.41, 5.74) is 8.28. The van der Waals surface area contributed by atoms with E-state index in [0.29, 0.717) is 6.54 Å². The standard InChI is InChI=1S/C21H28N4O2/c1-15-9-7-8-12-18(15)19(24-21(22)27)13-20(26)23-14-16(2)25(3)17-10-5-4-6-11-17/h4-12,16,19H,13-14H2,1-3H3,(H,23,26)(H3,22,24,27). The summed E-state index contributed by atoms with van der Waals surface area (Å²) in [7, 11) is 2.00. The fraction of sp³-hybridized carbons (Fsp3) is 0.333. The van der Waals surface area contributed by atoms with Gasteiger partial charge in [-0.3, -0.25) is 4.79 Å². The molecule has 6 heteroatoms. The summed E-state index contributed by atoms with van der Waals surface area (Å²) >= 11 is 0. The summed E-state index contributed by atoms with van der Waals surface area (Å²) in [6.07, 6.45) is 0.134. The molecule has 6 nitrogen and oxygen atoms in total. The highest BCUT2D eigenvalue weighted by Gasteiger charge is 2.19. The number of primary amides is 1. The number of likely N-dealkylation sites (N-methyl/N-ethyl adjacent to an activating group) is 1. The van der Waals surface area contributed by atoms with Crippen LogP contribution in [0.1, 0.15) is 30.5 Å². The number of urea groups is 1. The van der Waals surface area contributed by atoms with Gasteiger partial charge in [-0.25, -0.2) is 4.79 Å². The molecule has 0 spiro atoms. The Bertz CT molecular complexity index is 764. The van der Waals surface area contributed by atoms with Gasteiger partial charge in [0.25, 0.3) is 0 Å². The van der Waals surface area contributed by atoms with Crippen LogP contribution in [0.25, 0.3) is 0 Å². The van der Waals surface area contributed by atoms with Gasteiger partial charge >= 0.3 is 6.03 Å². The number of amides is 3. The van der Waals surface area contributed by atoms with E-state index in [1.165, 1.54) is 0 Å². The molecule has 144 valence electrons. The van der Waals surface area contributed by atoms with Crippen LogP contribution < -0.4 is 21.3 Å². The lowest BCUT2D eigenvalue weighted by Gasteiger charge is -2.27. The van der Waals surface area contributed by atoms with E-state index in [2.05, 4.69) is 15.5 Å². The summed E-state index contributed by atoms with van der Waals surface area (Å²) in [4.78, 5) is 25.9. The minimum absolute atomic E-state index is 0.123. The van der Waals surface area contributed by atoms with Crippen molar-refractivity contribution in [1.82, 2.24) is 10.6 Å². The van der Waals surface area contributed by atoms with Crippen LogP contribution in [0.15, 0.2) is 54.6 Å². The Morgan fingerprint density at radius 1 is 1.07 bits per heavy atom. The number of para-hydroxylation sites is 1. The number of anilines is 1. The van der Waals surface area contributed by atoms with Crippen molar-refractivity contribution in [3.63, 3.8) is 0 Å². The maximum Gasteiger partial charge on any atom is 0.312 e. The first-order chi connectivity index (χ1) is 12.9. The van der Waals surface area contributed by atoms with Gasteiger partial charge in [-0.05, 0) is 37.1 Å². The van der Waals surface area contributed by atoms with Crippen LogP contribution in [0.4, 0.5) is 10.5 Å². The van der Waals surface area contributed by atoms with Gasteiger partial charge in [0.2, 0.25) is 5.91 Å². The molecule has 0 bridgehead atoms. The SMILES string of the molecule is Cc1ccccc1C(CC(=O)NCC(C)N(C)c1ccccc1)NC(N)=O. The zero-order valence-corrected chi connectivity index (χ0v) is 16.1. The average molecular weight is 368 g/mol. The molecule has 4 N–H and O–H groups in total. The molecule has 2 unspecified atom stereocenters. The van der Waals surface area contributed by atoms with Crippen LogP contribution in [0.3, 0.4) is 0 Å². The maximum atomic E-state index is 12.5. The number of nitrogens with zero attached hydrogens (tertiary/aromatic N) is 1. The van der Waals surface area contributed by atoms with Gasteiger partial charge < -0.3 is 21.3 Å². The van der Waals surface area contributed by atoms with Crippen LogP contribution in [0, 0.1) is 6.92 Å². The summed E-state index contributed by atoms with van der Waals surface area (Å²) in [5, 5.41) is 5.63. The number of hydrogen-bond acceptors (Lipinski definition) is 3. The van der Waals surface area contributed by atoms with E-state index in [0.717, 1.165) is 16.8 Å². The fourth-order valence-corrected chi connectivity index (χ4v) is 2.96. The fourth-order valence-electron chi connectivity index (χ4n) is 2.96.